The predicted octanol–water partition coefficient (Wildman–Crippen LogP) is 2.34. The second kappa shape index (κ2) is 8.07. The minimum atomic E-state index is -0.224. The van der Waals surface area contributed by atoms with Gasteiger partial charge in [0.05, 0.1) is 0 Å². The van der Waals surface area contributed by atoms with Gasteiger partial charge in [0.25, 0.3) is 0 Å². The molecule has 3 nitrogen and oxygen atoms in total. The Hall–Kier alpha value is -1.33. The number of nitrogens with one attached hydrogen (secondary N) is 2. The lowest BCUT2D eigenvalue weighted by Crippen LogP contribution is -2.29. The van der Waals surface area contributed by atoms with Crippen molar-refractivity contribution in [1.29, 1.82) is 0 Å². The van der Waals surface area contributed by atoms with Crippen LogP contribution in [0.15, 0.2) is 40.8 Å². The molecule has 2 rings (SSSR count). The highest BCUT2D eigenvalue weighted by atomic mass is 32.2. The van der Waals surface area contributed by atoms with Gasteiger partial charge in [0, 0.05) is 30.2 Å². The molecule has 0 spiro atoms. The van der Waals surface area contributed by atoms with Crippen LogP contribution in [0.3, 0.4) is 0 Å². The van der Waals surface area contributed by atoms with Gasteiger partial charge in [-0.1, -0.05) is 23.8 Å². The van der Waals surface area contributed by atoms with Gasteiger partial charge < -0.3 is 10.6 Å². The number of carbonyl (C=O) groups is 1. The highest BCUT2D eigenvalue weighted by Gasteiger charge is 2.07. The summed E-state index contributed by atoms with van der Waals surface area (Å²) in [4.78, 5) is 12.3. The van der Waals surface area contributed by atoms with Crippen molar-refractivity contribution < 1.29 is 9.18 Å². The fraction of sp³-hybridized carbons (Fsp3) is 0.400. The summed E-state index contributed by atoms with van der Waals surface area (Å²) in [7, 11) is 0. The van der Waals surface area contributed by atoms with Crippen molar-refractivity contribution in [2.75, 3.05) is 25.4 Å². The van der Waals surface area contributed by atoms with E-state index in [1.165, 1.54) is 23.4 Å². The summed E-state index contributed by atoms with van der Waals surface area (Å²) in [5.41, 5.74) is 1.28. The molecule has 1 aliphatic heterocycles. The minimum Gasteiger partial charge on any atom is -0.352 e. The summed E-state index contributed by atoms with van der Waals surface area (Å²) in [6, 6.07) is 6.64. The summed E-state index contributed by atoms with van der Waals surface area (Å²) in [5.74, 6) is 0.388. The Balaban J connectivity index is 1.65. The maximum Gasteiger partial charge on any atom is 0.221 e. The first-order valence-corrected chi connectivity index (χ1v) is 7.77. The molecule has 1 aliphatic rings. The Morgan fingerprint density at radius 1 is 1.40 bits per heavy atom. The molecule has 0 bridgehead atoms. The van der Waals surface area contributed by atoms with Gasteiger partial charge in [-0.05, 0) is 25.1 Å². The summed E-state index contributed by atoms with van der Waals surface area (Å²) in [5, 5.41) is 6.14. The fourth-order valence-corrected chi connectivity index (χ4v) is 2.83. The molecular weight excluding hydrogens is 275 g/mol. The number of amides is 1. The predicted molar refractivity (Wildman–Crippen MR) is 80.3 cm³/mol. The van der Waals surface area contributed by atoms with Gasteiger partial charge in [0.15, 0.2) is 0 Å². The van der Waals surface area contributed by atoms with E-state index in [0.717, 1.165) is 19.5 Å². The summed E-state index contributed by atoms with van der Waals surface area (Å²) >= 11 is 1.38. The van der Waals surface area contributed by atoms with E-state index < -0.39 is 0 Å². The molecule has 20 heavy (non-hydrogen) atoms. The zero-order valence-electron chi connectivity index (χ0n) is 11.3. The maximum absolute atomic E-state index is 13.4. The van der Waals surface area contributed by atoms with Crippen LogP contribution < -0.4 is 10.6 Å². The van der Waals surface area contributed by atoms with E-state index in [0.29, 0.717) is 23.6 Å². The minimum absolute atomic E-state index is 0.0215. The number of benzene rings is 1. The van der Waals surface area contributed by atoms with Crippen LogP contribution in [0.5, 0.6) is 0 Å². The van der Waals surface area contributed by atoms with E-state index in [4.69, 9.17) is 0 Å². The van der Waals surface area contributed by atoms with E-state index in [1.807, 2.05) is 0 Å². The molecule has 1 heterocycles. The molecule has 1 aromatic carbocycles. The number of hydrogen-bond donors (Lipinski definition) is 2. The van der Waals surface area contributed by atoms with E-state index in [2.05, 4.69) is 16.7 Å². The maximum atomic E-state index is 13.4. The zero-order chi connectivity index (χ0) is 14.2. The van der Waals surface area contributed by atoms with Crippen LogP contribution in [0, 0.1) is 5.82 Å². The SMILES string of the molecule is O=C(CCSc1ccccc1F)NCC1=CCNCC1. The van der Waals surface area contributed by atoms with Gasteiger partial charge >= 0.3 is 0 Å². The molecule has 0 saturated heterocycles. The molecule has 108 valence electrons. The van der Waals surface area contributed by atoms with Crippen molar-refractivity contribution in [2.24, 2.45) is 0 Å². The van der Waals surface area contributed by atoms with E-state index in [9.17, 15) is 9.18 Å². The highest BCUT2D eigenvalue weighted by Crippen LogP contribution is 2.21. The third-order valence-corrected chi connectivity index (χ3v) is 4.14. The van der Waals surface area contributed by atoms with Crippen molar-refractivity contribution in [3.63, 3.8) is 0 Å². The second-order valence-corrected chi connectivity index (χ2v) is 5.76. The van der Waals surface area contributed by atoms with Gasteiger partial charge in [-0.2, -0.15) is 0 Å². The van der Waals surface area contributed by atoms with Crippen molar-refractivity contribution in [3.8, 4) is 0 Å². The molecule has 1 aromatic rings. The number of carbonyl (C=O) groups excluding carboxylic acids is 1. The van der Waals surface area contributed by atoms with Crippen LogP contribution >= 0.6 is 11.8 Å². The van der Waals surface area contributed by atoms with E-state index >= 15 is 0 Å². The second-order valence-electron chi connectivity index (χ2n) is 4.62. The van der Waals surface area contributed by atoms with Crippen LogP contribution in [0.1, 0.15) is 12.8 Å². The average Bonchev–Trinajstić information content (AvgIpc) is 2.48. The summed E-state index contributed by atoms with van der Waals surface area (Å²) < 4.78 is 13.4. The van der Waals surface area contributed by atoms with Crippen LogP contribution in [0.4, 0.5) is 4.39 Å². The van der Waals surface area contributed by atoms with Crippen LogP contribution in [-0.2, 0) is 4.79 Å². The standard InChI is InChI=1S/C15H19FN2OS/c16-13-3-1-2-4-14(13)20-10-7-15(19)18-11-12-5-8-17-9-6-12/h1-5,17H,6-11H2,(H,18,19). The van der Waals surface area contributed by atoms with Crippen LogP contribution in [0.25, 0.3) is 0 Å². The molecule has 0 unspecified atom stereocenters. The monoisotopic (exact) mass is 294 g/mol. The van der Waals surface area contributed by atoms with Gasteiger partial charge in [0.2, 0.25) is 5.91 Å². The number of hydrogen-bond acceptors (Lipinski definition) is 3. The molecule has 5 heteroatoms. The molecule has 0 atom stereocenters. The Labute approximate surface area is 123 Å². The third-order valence-electron chi connectivity index (χ3n) is 3.09. The Morgan fingerprint density at radius 3 is 3.00 bits per heavy atom. The number of halogens is 1. The topological polar surface area (TPSA) is 41.1 Å². The normalized spacial score (nSPS) is 14.8. The molecule has 0 aromatic heterocycles. The first-order valence-electron chi connectivity index (χ1n) is 6.78. The fourth-order valence-electron chi connectivity index (χ4n) is 1.95. The van der Waals surface area contributed by atoms with Crippen LogP contribution in [-0.4, -0.2) is 31.3 Å². The summed E-state index contributed by atoms with van der Waals surface area (Å²) in [6.45, 7) is 2.49. The zero-order valence-corrected chi connectivity index (χ0v) is 12.1. The molecule has 0 fully saturated rings. The van der Waals surface area contributed by atoms with Gasteiger partial charge in [-0.25, -0.2) is 4.39 Å². The van der Waals surface area contributed by atoms with Gasteiger partial charge in [-0.15, -0.1) is 11.8 Å². The molecular formula is C15H19FN2OS. The Morgan fingerprint density at radius 2 is 2.25 bits per heavy atom. The van der Waals surface area contributed by atoms with E-state index in [1.54, 1.807) is 18.2 Å². The van der Waals surface area contributed by atoms with Crippen molar-refractivity contribution in [3.05, 3.63) is 41.7 Å². The average molecular weight is 294 g/mol. The number of thioether (sulfide) groups is 1. The van der Waals surface area contributed by atoms with Crippen LogP contribution in [0.2, 0.25) is 0 Å². The lowest BCUT2D eigenvalue weighted by Gasteiger charge is -2.14. The molecule has 1 amide bonds. The van der Waals surface area contributed by atoms with Crippen molar-refractivity contribution in [2.45, 2.75) is 17.7 Å². The largest absolute Gasteiger partial charge is 0.352 e. The molecule has 2 N–H and O–H groups in total. The Bertz CT molecular complexity index is 491. The van der Waals surface area contributed by atoms with Gasteiger partial charge in [0.1, 0.15) is 5.82 Å². The lowest BCUT2D eigenvalue weighted by molar-refractivity contribution is -0.120. The molecule has 0 saturated carbocycles. The molecule has 0 aliphatic carbocycles. The number of rotatable bonds is 6. The molecule has 0 radical (unpaired) electrons. The first kappa shape index (κ1) is 15.1. The third kappa shape index (κ3) is 4.98. The van der Waals surface area contributed by atoms with Crippen molar-refractivity contribution in [1.82, 2.24) is 10.6 Å². The van der Waals surface area contributed by atoms with E-state index in [-0.39, 0.29) is 11.7 Å². The first-order chi connectivity index (χ1) is 9.75. The quantitative estimate of drug-likeness (QED) is 0.625. The van der Waals surface area contributed by atoms with Crippen molar-refractivity contribution >= 4 is 17.7 Å². The lowest BCUT2D eigenvalue weighted by atomic mass is 10.1. The van der Waals surface area contributed by atoms with Gasteiger partial charge in [-0.3, -0.25) is 4.79 Å². The summed E-state index contributed by atoms with van der Waals surface area (Å²) in [6.07, 6.45) is 3.52. The smallest absolute Gasteiger partial charge is 0.221 e. The Kier molecular flexibility index (Phi) is 6.08. The highest BCUT2D eigenvalue weighted by molar-refractivity contribution is 7.99.